The summed E-state index contributed by atoms with van der Waals surface area (Å²) in [5.41, 5.74) is 0.556. The van der Waals surface area contributed by atoms with Crippen molar-refractivity contribution in [2.75, 3.05) is 0 Å². The summed E-state index contributed by atoms with van der Waals surface area (Å²) < 4.78 is 7.22. The predicted molar refractivity (Wildman–Crippen MR) is 66.6 cm³/mol. The Morgan fingerprint density at radius 3 is 2.95 bits per heavy atom. The van der Waals surface area contributed by atoms with Gasteiger partial charge in [-0.1, -0.05) is 6.92 Å². The van der Waals surface area contributed by atoms with E-state index in [4.69, 9.17) is 4.74 Å². The summed E-state index contributed by atoms with van der Waals surface area (Å²) in [5, 5.41) is 19.9. The van der Waals surface area contributed by atoms with Crippen molar-refractivity contribution in [3.8, 4) is 0 Å². The summed E-state index contributed by atoms with van der Waals surface area (Å²) in [6.45, 7) is 1.87. The fourth-order valence-electron chi connectivity index (χ4n) is 2.47. The lowest BCUT2D eigenvalue weighted by molar-refractivity contribution is -0.0352. The molecule has 1 fully saturated rings. The van der Waals surface area contributed by atoms with Gasteiger partial charge in [-0.2, -0.15) is 0 Å². The average Bonchev–Trinajstić information content (AvgIpc) is 2.94. The van der Waals surface area contributed by atoms with E-state index >= 15 is 0 Å². The second kappa shape index (κ2) is 4.44. The summed E-state index contributed by atoms with van der Waals surface area (Å²) in [4.78, 5) is 18.1. The van der Waals surface area contributed by atoms with Crippen molar-refractivity contribution in [3.63, 3.8) is 0 Å². The number of ether oxygens (including phenoxy) is 1. The van der Waals surface area contributed by atoms with Gasteiger partial charge in [-0.25, -0.2) is 4.98 Å². The van der Waals surface area contributed by atoms with Crippen LogP contribution in [0.1, 0.15) is 19.6 Å². The quantitative estimate of drug-likeness (QED) is 0.695. The van der Waals surface area contributed by atoms with Gasteiger partial charge in [0.25, 0.3) is 5.56 Å². The third-order valence-corrected chi connectivity index (χ3v) is 3.52. The highest BCUT2D eigenvalue weighted by molar-refractivity contribution is 5.73. The van der Waals surface area contributed by atoms with Crippen molar-refractivity contribution in [2.24, 2.45) is 0 Å². The first-order valence-electron chi connectivity index (χ1n) is 6.19. The second-order valence-electron chi connectivity index (χ2n) is 4.65. The Kier molecular flexibility index (Phi) is 2.89. The van der Waals surface area contributed by atoms with Crippen molar-refractivity contribution >= 4 is 11.0 Å². The van der Waals surface area contributed by atoms with Crippen LogP contribution in [0.4, 0.5) is 0 Å². The highest BCUT2D eigenvalue weighted by Crippen LogP contribution is 2.32. The van der Waals surface area contributed by atoms with Crippen LogP contribution in [0, 0.1) is 0 Å². The van der Waals surface area contributed by atoms with Gasteiger partial charge in [0.05, 0.1) is 17.9 Å². The lowest BCUT2D eigenvalue weighted by Gasteiger charge is -2.16. The molecule has 0 saturated carbocycles. The van der Waals surface area contributed by atoms with Crippen LogP contribution in [0.2, 0.25) is 0 Å². The van der Waals surface area contributed by atoms with Gasteiger partial charge >= 0.3 is 0 Å². The molecule has 1 saturated heterocycles. The molecule has 0 radical (unpaired) electrons. The van der Waals surface area contributed by atoms with Crippen molar-refractivity contribution in [3.05, 3.63) is 28.9 Å². The molecule has 7 nitrogen and oxygen atoms in total. The van der Waals surface area contributed by atoms with Gasteiger partial charge in [-0.15, -0.1) is 0 Å². The number of imidazole rings is 1. The maximum atomic E-state index is 11.6. The summed E-state index contributed by atoms with van der Waals surface area (Å²) in [7, 11) is 0. The fraction of sp³-hybridized carbons (Fsp3) is 0.500. The van der Waals surface area contributed by atoms with Crippen molar-refractivity contribution in [2.45, 2.75) is 37.9 Å². The van der Waals surface area contributed by atoms with Gasteiger partial charge in [0, 0.05) is 6.20 Å². The van der Waals surface area contributed by atoms with Crippen LogP contribution in [-0.2, 0) is 4.74 Å². The minimum atomic E-state index is -1.04. The lowest BCUT2D eigenvalue weighted by atomic mass is 10.1. The topological polar surface area (TPSA) is 100 Å². The van der Waals surface area contributed by atoms with Crippen molar-refractivity contribution in [1.29, 1.82) is 0 Å². The van der Waals surface area contributed by atoms with Crippen LogP contribution in [0.15, 0.2) is 23.4 Å². The number of fused-ring (bicyclic) bond motifs is 1. The Balaban J connectivity index is 2.06. The summed E-state index contributed by atoms with van der Waals surface area (Å²) >= 11 is 0. The van der Waals surface area contributed by atoms with E-state index in [2.05, 4.69) is 9.97 Å². The van der Waals surface area contributed by atoms with Crippen LogP contribution >= 0.6 is 0 Å². The van der Waals surface area contributed by atoms with Gasteiger partial charge in [0.1, 0.15) is 12.2 Å². The van der Waals surface area contributed by atoms with Gasteiger partial charge in [-0.3, -0.25) is 4.79 Å². The van der Waals surface area contributed by atoms with Gasteiger partial charge in [0.2, 0.25) is 0 Å². The predicted octanol–water partition coefficient (Wildman–Crippen LogP) is -0.246. The maximum Gasteiger partial charge on any atom is 0.276 e. The van der Waals surface area contributed by atoms with Crippen LogP contribution in [0.25, 0.3) is 11.0 Å². The van der Waals surface area contributed by atoms with E-state index in [0.717, 1.165) is 0 Å². The largest absolute Gasteiger partial charge is 0.388 e. The molecule has 4 atom stereocenters. The standard InChI is InChI=1S/C12H15N3O4/c1-2-7-9(16)10(17)12(19-7)15-5-14-8-6(15)3-4-13-11(8)18/h3-5,7,9-10,12,16-17H,2H2,1H3,(H,13,18)/t7-,9-,10-,12-/m1/s1. The molecule has 0 spiro atoms. The first kappa shape index (κ1) is 12.3. The average molecular weight is 265 g/mol. The molecule has 0 aromatic carbocycles. The Hall–Kier alpha value is -1.70. The Labute approximate surface area is 108 Å². The number of nitrogens with zero attached hydrogens (tertiary/aromatic N) is 2. The number of aliphatic hydroxyl groups excluding tert-OH is 2. The molecular weight excluding hydrogens is 250 g/mol. The molecule has 0 amide bonds. The summed E-state index contributed by atoms with van der Waals surface area (Å²) in [6.07, 6.45) is 0.431. The van der Waals surface area contributed by atoms with Crippen LogP contribution in [0.5, 0.6) is 0 Å². The highest BCUT2D eigenvalue weighted by Gasteiger charge is 2.43. The van der Waals surface area contributed by atoms with E-state index < -0.39 is 24.5 Å². The number of aliphatic hydroxyl groups is 2. The monoisotopic (exact) mass is 265 g/mol. The molecule has 3 heterocycles. The maximum absolute atomic E-state index is 11.6. The number of hydrogen-bond donors (Lipinski definition) is 3. The Morgan fingerprint density at radius 2 is 2.26 bits per heavy atom. The number of nitrogens with one attached hydrogen (secondary N) is 1. The molecule has 102 valence electrons. The number of hydrogen-bond acceptors (Lipinski definition) is 5. The molecule has 0 aliphatic carbocycles. The van der Waals surface area contributed by atoms with E-state index in [9.17, 15) is 15.0 Å². The minimum Gasteiger partial charge on any atom is -0.388 e. The summed E-state index contributed by atoms with van der Waals surface area (Å²) in [6, 6.07) is 1.69. The van der Waals surface area contributed by atoms with Crippen molar-refractivity contribution in [1.82, 2.24) is 14.5 Å². The smallest absolute Gasteiger partial charge is 0.276 e. The van der Waals surface area contributed by atoms with Crippen molar-refractivity contribution < 1.29 is 14.9 Å². The molecule has 1 aliphatic rings. The number of aromatic nitrogens is 3. The third-order valence-electron chi connectivity index (χ3n) is 3.52. The molecule has 19 heavy (non-hydrogen) atoms. The normalized spacial score (nSPS) is 31.1. The van der Waals surface area contributed by atoms with E-state index in [1.54, 1.807) is 10.6 Å². The van der Waals surface area contributed by atoms with Crippen LogP contribution < -0.4 is 5.56 Å². The van der Waals surface area contributed by atoms with Gasteiger partial charge in [-0.05, 0) is 12.5 Å². The van der Waals surface area contributed by atoms with Crippen LogP contribution in [0.3, 0.4) is 0 Å². The first-order chi connectivity index (χ1) is 9.13. The highest BCUT2D eigenvalue weighted by atomic mass is 16.6. The first-order valence-corrected chi connectivity index (χ1v) is 6.19. The zero-order chi connectivity index (χ0) is 13.6. The third kappa shape index (κ3) is 1.78. The minimum absolute atomic E-state index is 0.285. The molecule has 0 unspecified atom stereocenters. The number of H-pyrrole nitrogens is 1. The lowest BCUT2D eigenvalue weighted by Crippen LogP contribution is -2.31. The number of rotatable bonds is 2. The Morgan fingerprint density at radius 1 is 1.47 bits per heavy atom. The molecule has 7 heteroatoms. The van der Waals surface area contributed by atoms with Gasteiger partial charge in [0.15, 0.2) is 11.7 Å². The zero-order valence-electron chi connectivity index (χ0n) is 10.4. The number of pyridine rings is 1. The molecule has 3 rings (SSSR count). The second-order valence-corrected chi connectivity index (χ2v) is 4.65. The summed E-state index contributed by atoms with van der Waals surface area (Å²) in [5.74, 6) is 0. The molecule has 3 N–H and O–H groups in total. The molecule has 2 aromatic rings. The van der Waals surface area contributed by atoms with E-state index in [1.807, 2.05) is 6.92 Å². The fourth-order valence-corrected chi connectivity index (χ4v) is 2.47. The molecule has 0 bridgehead atoms. The number of aromatic amines is 1. The Bertz CT molecular complexity index is 650. The SMILES string of the molecule is CC[C@H]1O[C@@H](n2cnc3c(=O)[nH]ccc32)[C@H](O)[C@@H]1O. The van der Waals surface area contributed by atoms with E-state index in [-0.39, 0.29) is 11.1 Å². The van der Waals surface area contributed by atoms with E-state index in [0.29, 0.717) is 11.9 Å². The molecule has 1 aliphatic heterocycles. The van der Waals surface area contributed by atoms with Gasteiger partial charge < -0.3 is 24.5 Å². The zero-order valence-corrected chi connectivity index (χ0v) is 10.4. The van der Waals surface area contributed by atoms with Crippen LogP contribution in [-0.4, -0.2) is 43.1 Å². The molecular formula is C12H15N3O4. The van der Waals surface area contributed by atoms with E-state index in [1.165, 1.54) is 12.5 Å². The molecule has 2 aromatic heterocycles.